The first-order chi connectivity index (χ1) is 8.34. The molecule has 1 fully saturated rings. The Kier molecular flexibility index (Phi) is 4.50. The van der Waals surface area contributed by atoms with Gasteiger partial charge in [0, 0.05) is 18.4 Å². The summed E-state index contributed by atoms with van der Waals surface area (Å²) in [6.45, 7) is 2.94. The van der Waals surface area contributed by atoms with Crippen molar-refractivity contribution in [3.8, 4) is 0 Å². The number of pyridine rings is 1. The number of carbonyl (C=O) groups excluding carboxylic acids is 1. The van der Waals surface area contributed by atoms with E-state index in [1.807, 2.05) is 18.2 Å². The van der Waals surface area contributed by atoms with E-state index >= 15 is 0 Å². The van der Waals surface area contributed by atoms with E-state index in [9.17, 15) is 4.79 Å². The SMILES string of the molecule is O=C(Cc1ccccn1)NCC1CCNCC1. The lowest BCUT2D eigenvalue weighted by molar-refractivity contribution is -0.120. The van der Waals surface area contributed by atoms with Gasteiger partial charge in [-0.1, -0.05) is 6.07 Å². The first-order valence-electron chi connectivity index (χ1n) is 6.22. The summed E-state index contributed by atoms with van der Waals surface area (Å²) in [5, 5.41) is 6.31. The van der Waals surface area contributed by atoms with Crippen molar-refractivity contribution in [3.05, 3.63) is 30.1 Å². The van der Waals surface area contributed by atoms with Crippen molar-refractivity contribution in [3.63, 3.8) is 0 Å². The summed E-state index contributed by atoms with van der Waals surface area (Å²) >= 11 is 0. The zero-order valence-corrected chi connectivity index (χ0v) is 9.98. The van der Waals surface area contributed by atoms with Gasteiger partial charge in [-0.3, -0.25) is 9.78 Å². The quantitative estimate of drug-likeness (QED) is 0.806. The average Bonchev–Trinajstić information content (AvgIpc) is 2.39. The van der Waals surface area contributed by atoms with E-state index in [2.05, 4.69) is 15.6 Å². The highest BCUT2D eigenvalue weighted by molar-refractivity contribution is 5.78. The molecule has 4 heteroatoms. The summed E-state index contributed by atoms with van der Waals surface area (Å²) < 4.78 is 0. The third kappa shape index (κ3) is 4.15. The summed E-state index contributed by atoms with van der Waals surface area (Å²) in [5.74, 6) is 0.700. The zero-order valence-electron chi connectivity index (χ0n) is 9.98. The topological polar surface area (TPSA) is 54.0 Å². The lowest BCUT2D eigenvalue weighted by atomic mass is 9.98. The van der Waals surface area contributed by atoms with Crippen molar-refractivity contribution >= 4 is 5.91 Å². The van der Waals surface area contributed by atoms with E-state index < -0.39 is 0 Å². The van der Waals surface area contributed by atoms with Crippen molar-refractivity contribution in [2.45, 2.75) is 19.3 Å². The molecular weight excluding hydrogens is 214 g/mol. The van der Waals surface area contributed by atoms with E-state index in [0.29, 0.717) is 12.3 Å². The van der Waals surface area contributed by atoms with E-state index in [0.717, 1.165) is 38.2 Å². The van der Waals surface area contributed by atoms with Crippen LogP contribution in [0.1, 0.15) is 18.5 Å². The van der Waals surface area contributed by atoms with Crippen LogP contribution in [0.3, 0.4) is 0 Å². The lowest BCUT2D eigenvalue weighted by Crippen LogP contribution is -2.36. The molecule has 0 atom stereocenters. The Labute approximate surface area is 102 Å². The highest BCUT2D eigenvalue weighted by Gasteiger charge is 2.13. The Morgan fingerprint density at radius 2 is 2.24 bits per heavy atom. The summed E-state index contributed by atoms with van der Waals surface area (Å²) in [7, 11) is 0. The number of nitrogens with zero attached hydrogens (tertiary/aromatic N) is 1. The number of amides is 1. The van der Waals surface area contributed by atoms with Crippen LogP contribution in [0.15, 0.2) is 24.4 Å². The second kappa shape index (κ2) is 6.35. The molecule has 1 aromatic rings. The first-order valence-corrected chi connectivity index (χ1v) is 6.22. The van der Waals surface area contributed by atoms with Crippen LogP contribution >= 0.6 is 0 Å². The molecule has 0 saturated carbocycles. The molecule has 1 aromatic heterocycles. The molecule has 0 aliphatic carbocycles. The Bertz CT molecular complexity index is 347. The van der Waals surface area contributed by atoms with Crippen LogP contribution in [-0.4, -0.2) is 30.5 Å². The fourth-order valence-corrected chi connectivity index (χ4v) is 2.07. The first kappa shape index (κ1) is 12.0. The van der Waals surface area contributed by atoms with Gasteiger partial charge in [0.15, 0.2) is 0 Å². The van der Waals surface area contributed by atoms with E-state index in [1.54, 1.807) is 6.20 Å². The Morgan fingerprint density at radius 3 is 2.94 bits per heavy atom. The average molecular weight is 233 g/mol. The molecule has 1 saturated heterocycles. The Hall–Kier alpha value is -1.42. The maximum Gasteiger partial charge on any atom is 0.226 e. The summed E-state index contributed by atoms with van der Waals surface area (Å²) in [4.78, 5) is 15.8. The monoisotopic (exact) mass is 233 g/mol. The number of hydrogen-bond acceptors (Lipinski definition) is 3. The second-order valence-corrected chi connectivity index (χ2v) is 4.50. The molecule has 92 valence electrons. The summed E-state index contributed by atoms with van der Waals surface area (Å²) in [6.07, 6.45) is 4.41. The number of hydrogen-bond donors (Lipinski definition) is 2. The van der Waals surface area contributed by atoms with Gasteiger partial charge in [0.05, 0.1) is 6.42 Å². The molecule has 0 unspecified atom stereocenters. The number of piperidine rings is 1. The molecule has 1 aliphatic rings. The standard InChI is InChI=1S/C13H19N3O/c17-13(9-12-3-1-2-6-15-12)16-10-11-4-7-14-8-5-11/h1-3,6,11,14H,4-5,7-10H2,(H,16,17). The van der Waals surface area contributed by atoms with Gasteiger partial charge in [-0.15, -0.1) is 0 Å². The summed E-state index contributed by atoms with van der Waals surface area (Å²) in [6, 6.07) is 5.64. The minimum Gasteiger partial charge on any atom is -0.355 e. The molecule has 0 aromatic carbocycles. The molecule has 0 spiro atoms. The maximum atomic E-state index is 11.7. The molecule has 4 nitrogen and oxygen atoms in total. The lowest BCUT2D eigenvalue weighted by Gasteiger charge is -2.22. The molecule has 0 radical (unpaired) electrons. The smallest absolute Gasteiger partial charge is 0.226 e. The largest absolute Gasteiger partial charge is 0.355 e. The molecule has 2 rings (SSSR count). The third-order valence-electron chi connectivity index (χ3n) is 3.11. The number of rotatable bonds is 4. The highest BCUT2D eigenvalue weighted by atomic mass is 16.1. The van der Waals surface area contributed by atoms with E-state index in [1.165, 1.54) is 0 Å². The molecule has 0 bridgehead atoms. The van der Waals surface area contributed by atoms with Gasteiger partial charge in [0.1, 0.15) is 0 Å². The normalized spacial score (nSPS) is 16.7. The van der Waals surface area contributed by atoms with Crippen molar-refractivity contribution in [2.75, 3.05) is 19.6 Å². The fraction of sp³-hybridized carbons (Fsp3) is 0.538. The van der Waals surface area contributed by atoms with E-state index in [-0.39, 0.29) is 5.91 Å². The van der Waals surface area contributed by atoms with E-state index in [4.69, 9.17) is 0 Å². The molecule has 17 heavy (non-hydrogen) atoms. The highest BCUT2D eigenvalue weighted by Crippen LogP contribution is 2.09. The Balaban J connectivity index is 1.70. The van der Waals surface area contributed by atoms with Crippen LogP contribution in [-0.2, 0) is 11.2 Å². The van der Waals surface area contributed by atoms with Gasteiger partial charge in [-0.25, -0.2) is 0 Å². The zero-order chi connectivity index (χ0) is 11.9. The van der Waals surface area contributed by atoms with Gasteiger partial charge in [-0.05, 0) is 44.0 Å². The Morgan fingerprint density at radius 1 is 1.41 bits per heavy atom. The van der Waals surface area contributed by atoms with Crippen molar-refractivity contribution < 1.29 is 4.79 Å². The second-order valence-electron chi connectivity index (χ2n) is 4.50. The minimum atomic E-state index is 0.0715. The van der Waals surface area contributed by atoms with Crippen LogP contribution in [0.5, 0.6) is 0 Å². The van der Waals surface area contributed by atoms with Crippen LogP contribution in [0.4, 0.5) is 0 Å². The van der Waals surface area contributed by atoms with Crippen LogP contribution in [0.25, 0.3) is 0 Å². The van der Waals surface area contributed by atoms with Gasteiger partial charge in [0.25, 0.3) is 0 Å². The number of aromatic nitrogens is 1. The summed E-state index contributed by atoms with van der Waals surface area (Å²) in [5.41, 5.74) is 0.829. The fourth-order valence-electron chi connectivity index (χ4n) is 2.07. The van der Waals surface area contributed by atoms with Gasteiger partial charge >= 0.3 is 0 Å². The predicted molar refractivity (Wildman–Crippen MR) is 66.5 cm³/mol. The van der Waals surface area contributed by atoms with Crippen molar-refractivity contribution in [1.29, 1.82) is 0 Å². The van der Waals surface area contributed by atoms with Gasteiger partial charge in [0.2, 0.25) is 5.91 Å². The molecule has 1 aliphatic heterocycles. The maximum absolute atomic E-state index is 11.7. The molecule has 2 heterocycles. The van der Waals surface area contributed by atoms with Gasteiger partial charge < -0.3 is 10.6 Å². The number of carbonyl (C=O) groups is 1. The molecular formula is C13H19N3O. The van der Waals surface area contributed by atoms with Crippen LogP contribution in [0.2, 0.25) is 0 Å². The van der Waals surface area contributed by atoms with Crippen LogP contribution < -0.4 is 10.6 Å². The number of nitrogens with one attached hydrogen (secondary N) is 2. The molecule has 1 amide bonds. The van der Waals surface area contributed by atoms with Gasteiger partial charge in [-0.2, -0.15) is 0 Å². The van der Waals surface area contributed by atoms with Crippen molar-refractivity contribution in [2.24, 2.45) is 5.92 Å². The minimum absolute atomic E-state index is 0.0715. The third-order valence-corrected chi connectivity index (χ3v) is 3.11. The van der Waals surface area contributed by atoms with Crippen molar-refractivity contribution in [1.82, 2.24) is 15.6 Å². The molecule has 2 N–H and O–H groups in total. The predicted octanol–water partition coefficient (Wildman–Crippen LogP) is 0.740. The van der Waals surface area contributed by atoms with Crippen LogP contribution in [0, 0.1) is 5.92 Å².